The lowest BCUT2D eigenvalue weighted by atomic mass is 9.46. The predicted octanol–water partition coefficient (Wildman–Crippen LogP) is 4.00. The zero-order valence-corrected chi connectivity index (χ0v) is 24.7. The van der Waals surface area contributed by atoms with Gasteiger partial charge in [-0.2, -0.15) is 0 Å². The standard InChI is InChI=1S/C33H35FO9/c1-18-13-23-24-15-26(42-20(3)36)25-14-22(37)11-12-30(25,4)32(24,34)27(38)16-31(23,5)33(18,28(39)17-41-19(2)35)43-29(40)21-9-7-6-8-10-21/h6-12,14-15,18,23-24,27,38H,13,16-17H2,1-5H3/t18-,23-,24-,27-,30-,31-,32-,33+/m0/s1. The van der Waals surface area contributed by atoms with Crippen molar-refractivity contribution >= 4 is 29.5 Å². The van der Waals surface area contributed by atoms with Gasteiger partial charge in [0, 0.05) is 36.7 Å². The van der Waals surface area contributed by atoms with Gasteiger partial charge in [-0.25, -0.2) is 9.18 Å². The number of allylic oxidation sites excluding steroid dienone is 5. The van der Waals surface area contributed by atoms with Crippen molar-refractivity contribution in [3.63, 3.8) is 0 Å². The second kappa shape index (κ2) is 10.4. The zero-order valence-electron chi connectivity index (χ0n) is 24.7. The lowest BCUT2D eigenvalue weighted by molar-refractivity contribution is -0.207. The van der Waals surface area contributed by atoms with E-state index in [4.69, 9.17) is 14.2 Å². The first-order chi connectivity index (χ1) is 20.1. The van der Waals surface area contributed by atoms with E-state index in [1.165, 1.54) is 43.4 Å². The second-order valence-corrected chi connectivity index (χ2v) is 12.5. The molecule has 0 spiro atoms. The number of benzene rings is 1. The first-order valence-corrected chi connectivity index (χ1v) is 14.3. The molecule has 5 rings (SSSR count). The highest BCUT2D eigenvalue weighted by Gasteiger charge is 2.77. The van der Waals surface area contributed by atoms with Crippen molar-refractivity contribution in [1.82, 2.24) is 0 Å². The number of rotatable bonds is 6. The number of ether oxygens (including phenoxy) is 3. The van der Waals surface area contributed by atoms with Gasteiger partial charge in [-0.15, -0.1) is 0 Å². The molecule has 43 heavy (non-hydrogen) atoms. The third-order valence-corrected chi connectivity index (χ3v) is 10.1. The van der Waals surface area contributed by atoms with Crippen molar-refractivity contribution in [2.24, 2.45) is 28.6 Å². The lowest BCUT2D eigenvalue weighted by Gasteiger charge is -2.61. The van der Waals surface area contributed by atoms with Crippen LogP contribution in [0.3, 0.4) is 0 Å². The van der Waals surface area contributed by atoms with Gasteiger partial charge in [-0.3, -0.25) is 19.2 Å². The molecule has 0 aromatic heterocycles. The third kappa shape index (κ3) is 4.32. The minimum Gasteiger partial charge on any atom is -0.458 e. The topological polar surface area (TPSA) is 133 Å². The summed E-state index contributed by atoms with van der Waals surface area (Å²) < 4.78 is 34.6. The Balaban J connectivity index is 1.69. The van der Waals surface area contributed by atoms with Gasteiger partial charge in [-0.1, -0.05) is 38.1 Å². The maximum absolute atomic E-state index is 17.8. The highest BCUT2D eigenvalue weighted by atomic mass is 19.1. The number of fused-ring (bicyclic) bond motifs is 5. The van der Waals surface area contributed by atoms with Gasteiger partial charge >= 0.3 is 17.9 Å². The molecule has 10 heteroatoms. The van der Waals surface area contributed by atoms with E-state index >= 15 is 4.39 Å². The van der Waals surface area contributed by atoms with Crippen LogP contribution < -0.4 is 0 Å². The number of aliphatic hydroxyl groups is 1. The first-order valence-electron chi connectivity index (χ1n) is 14.3. The molecule has 2 saturated carbocycles. The minimum absolute atomic E-state index is 0.0000907. The maximum Gasteiger partial charge on any atom is 0.339 e. The molecule has 2 fully saturated rings. The van der Waals surface area contributed by atoms with E-state index in [2.05, 4.69) is 0 Å². The monoisotopic (exact) mass is 594 g/mol. The lowest BCUT2D eigenvalue weighted by Crippen LogP contribution is -2.69. The van der Waals surface area contributed by atoms with Gasteiger partial charge in [0.15, 0.2) is 23.7 Å². The summed E-state index contributed by atoms with van der Waals surface area (Å²) in [4.78, 5) is 63.8. The Bertz CT molecular complexity index is 1490. The summed E-state index contributed by atoms with van der Waals surface area (Å²) >= 11 is 0. The molecule has 9 nitrogen and oxygen atoms in total. The van der Waals surface area contributed by atoms with Crippen molar-refractivity contribution in [3.05, 3.63) is 71.5 Å². The van der Waals surface area contributed by atoms with Gasteiger partial charge in [0.2, 0.25) is 5.78 Å². The summed E-state index contributed by atoms with van der Waals surface area (Å²) in [5, 5.41) is 11.8. The maximum atomic E-state index is 17.8. The van der Waals surface area contributed by atoms with E-state index in [0.29, 0.717) is 0 Å². The van der Waals surface area contributed by atoms with Crippen LogP contribution in [0.25, 0.3) is 0 Å². The van der Waals surface area contributed by atoms with E-state index < -0.39 is 82.0 Å². The number of carbonyl (C=O) groups is 5. The minimum atomic E-state index is -2.39. The van der Waals surface area contributed by atoms with Gasteiger partial charge in [-0.05, 0) is 56.0 Å². The third-order valence-electron chi connectivity index (χ3n) is 10.1. The second-order valence-electron chi connectivity index (χ2n) is 12.5. The molecule has 0 unspecified atom stereocenters. The first kappa shape index (κ1) is 30.5. The van der Waals surface area contributed by atoms with Crippen molar-refractivity contribution in [1.29, 1.82) is 0 Å². The molecular formula is C33H35FO9. The highest BCUT2D eigenvalue weighted by Crippen LogP contribution is 2.71. The molecule has 0 radical (unpaired) electrons. The van der Waals surface area contributed by atoms with Crippen LogP contribution in [0.2, 0.25) is 0 Å². The molecule has 1 aromatic carbocycles. The Hall–Kier alpha value is -3.92. The number of alkyl halides is 1. The van der Waals surface area contributed by atoms with Crippen LogP contribution >= 0.6 is 0 Å². The predicted molar refractivity (Wildman–Crippen MR) is 150 cm³/mol. The Morgan fingerprint density at radius 1 is 1.07 bits per heavy atom. The van der Waals surface area contributed by atoms with Gasteiger partial charge in [0.05, 0.1) is 17.1 Å². The molecule has 1 aromatic rings. The molecular weight excluding hydrogens is 559 g/mol. The molecule has 0 aliphatic heterocycles. The molecule has 1 N–H and O–H groups in total. The van der Waals surface area contributed by atoms with Crippen LogP contribution in [0.15, 0.2) is 66.0 Å². The number of carbonyl (C=O) groups excluding carboxylic acids is 5. The molecule has 4 aliphatic carbocycles. The number of aliphatic hydroxyl groups excluding tert-OH is 1. The van der Waals surface area contributed by atoms with Crippen molar-refractivity contribution < 1.29 is 47.7 Å². The van der Waals surface area contributed by atoms with Crippen LogP contribution in [0.1, 0.15) is 57.8 Å². The number of esters is 3. The van der Waals surface area contributed by atoms with Crippen molar-refractivity contribution in [3.8, 4) is 0 Å². The summed E-state index contributed by atoms with van der Waals surface area (Å²) in [5.74, 6) is -5.80. The summed E-state index contributed by atoms with van der Waals surface area (Å²) in [5.41, 5.74) is -6.89. The average Bonchev–Trinajstić information content (AvgIpc) is 3.16. The smallest absolute Gasteiger partial charge is 0.339 e. The molecule has 228 valence electrons. The van der Waals surface area contributed by atoms with E-state index in [1.54, 1.807) is 39.0 Å². The fourth-order valence-electron chi connectivity index (χ4n) is 8.24. The zero-order chi connectivity index (χ0) is 31.5. The van der Waals surface area contributed by atoms with Gasteiger partial charge < -0.3 is 19.3 Å². The van der Waals surface area contributed by atoms with Gasteiger partial charge in [0.1, 0.15) is 5.76 Å². The van der Waals surface area contributed by atoms with Crippen molar-refractivity contribution in [2.45, 2.75) is 64.8 Å². The number of hydrogen-bond donors (Lipinski definition) is 1. The van der Waals surface area contributed by atoms with Crippen LogP contribution in [0.4, 0.5) is 4.39 Å². The quantitative estimate of drug-likeness (QED) is 0.383. The number of Topliss-reactive ketones (excluding diaryl/α,β-unsaturated/α-hetero) is 1. The molecule has 0 heterocycles. The number of ketones is 2. The van der Waals surface area contributed by atoms with E-state index in [1.807, 2.05) is 0 Å². The summed E-state index contributed by atoms with van der Waals surface area (Å²) in [6, 6.07) is 8.08. The van der Waals surface area contributed by atoms with E-state index in [9.17, 15) is 29.1 Å². The van der Waals surface area contributed by atoms with Crippen LogP contribution in [-0.4, -0.2) is 58.6 Å². The van der Waals surface area contributed by atoms with Gasteiger partial charge in [0.25, 0.3) is 0 Å². The molecule has 0 amide bonds. The Morgan fingerprint density at radius 3 is 2.37 bits per heavy atom. The SMILES string of the molecule is CC(=O)OCC(=O)[C@]1(OC(=O)c2ccccc2)[C@@H](C)C[C@H]2[C@@H]3C=C(OC(C)=O)C4=CC(=O)C=C[C@]4(C)[C@@]3(F)[C@@H](O)C[C@@]21C. The summed E-state index contributed by atoms with van der Waals surface area (Å²) in [7, 11) is 0. The van der Waals surface area contributed by atoms with E-state index in [-0.39, 0.29) is 29.7 Å². The number of halogens is 1. The van der Waals surface area contributed by atoms with Crippen molar-refractivity contribution in [2.75, 3.05) is 6.61 Å². The van der Waals surface area contributed by atoms with Crippen LogP contribution in [0.5, 0.6) is 0 Å². The average molecular weight is 595 g/mol. The van der Waals surface area contributed by atoms with E-state index in [0.717, 1.165) is 6.92 Å². The summed E-state index contributed by atoms with van der Waals surface area (Å²) in [6.45, 7) is 6.60. The molecule has 0 bridgehead atoms. The Kier molecular flexibility index (Phi) is 7.36. The Labute approximate surface area is 248 Å². The fraction of sp³-hybridized carbons (Fsp3) is 0.485. The molecule has 0 saturated heterocycles. The largest absolute Gasteiger partial charge is 0.458 e. The van der Waals surface area contributed by atoms with Crippen LogP contribution in [-0.2, 0) is 33.4 Å². The summed E-state index contributed by atoms with van der Waals surface area (Å²) in [6.07, 6.45) is 3.45. The molecule has 8 atom stereocenters. The van der Waals surface area contributed by atoms with Crippen LogP contribution in [0, 0.1) is 28.6 Å². The Morgan fingerprint density at radius 2 is 1.74 bits per heavy atom. The molecule has 4 aliphatic rings. The highest BCUT2D eigenvalue weighted by molar-refractivity contribution is 6.02. The normalized spacial score (nSPS) is 37.6. The fourth-order valence-corrected chi connectivity index (χ4v) is 8.24. The number of hydrogen-bond acceptors (Lipinski definition) is 9.